The molecule has 1 aliphatic rings. The summed E-state index contributed by atoms with van der Waals surface area (Å²) in [5, 5.41) is 0.755. The molecule has 1 atom stereocenters. The third-order valence-corrected chi connectivity index (χ3v) is 3.49. The highest BCUT2D eigenvalue weighted by Gasteiger charge is 2.28. The molecule has 1 aromatic heterocycles. The number of nitrogens with zero attached hydrogens (tertiary/aromatic N) is 2. The van der Waals surface area contributed by atoms with Gasteiger partial charge in [0.25, 0.3) is 0 Å². The topological polar surface area (TPSA) is 44.2 Å². The maximum Gasteiger partial charge on any atom is 0.230 e. The number of benzene rings is 1. The molecule has 3 rings (SSSR count). The zero-order chi connectivity index (χ0) is 13.2. The van der Waals surface area contributed by atoms with E-state index in [4.69, 9.17) is 9.47 Å². The predicted octanol–water partition coefficient (Wildman–Crippen LogP) is 3.71. The van der Waals surface area contributed by atoms with E-state index in [9.17, 15) is 0 Å². The van der Waals surface area contributed by atoms with Crippen molar-refractivity contribution in [3.8, 4) is 17.0 Å². The van der Waals surface area contributed by atoms with Crippen LogP contribution in [0.2, 0.25) is 0 Å². The van der Waals surface area contributed by atoms with Crippen LogP contribution >= 0.6 is 24.2 Å². The largest absolute Gasteiger partial charge is 0.460 e. The summed E-state index contributed by atoms with van der Waals surface area (Å²) in [6.07, 6.45) is 3.34. The Kier molecular flexibility index (Phi) is 4.86. The van der Waals surface area contributed by atoms with Crippen LogP contribution in [-0.4, -0.2) is 22.8 Å². The first kappa shape index (κ1) is 15.1. The Morgan fingerprint density at radius 1 is 1.35 bits per heavy atom. The van der Waals surface area contributed by atoms with Gasteiger partial charge in [0.15, 0.2) is 5.16 Å². The first-order valence-electron chi connectivity index (χ1n) is 6.12. The van der Waals surface area contributed by atoms with Crippen LogP contribution in [0, 0.1) is 0 Å². The number of hydrogen-bond acceptors (Lipinski definition) is 5. The highest BCUT2D eigenvalue weighted by molar-refractivity contribution is 7.98. The Hall–Kier alpha value is -1.30. The van der Waals surface area contributed by atoms with E-state index in [0.717, 1.165) is 27.7 Å². The van der Waals surface area contributed by atoms with Gasteiger partial charge < -0.3 is 9.47 Å². The van der Waals surface area contributed by atoms with E-state index >= 15 is 0 Å². The van der Waals surface area contributed by atoms with Gasteiger partial charge >= 0.3 is 0 Å². The Morgan fingerprint density at radius 3 is 2.90 bits per heavy atom. The van der Waals surface area contributed by atoms with E-state index in [1.807, 2.05) is 37.4 Å². The second kappa shape index (κ2) is 6.43. The molecule has 2 heterocycles. The maximum absolute atomic E-state index is 5.86. The van der Waals surface area contributed by atoms with E-state index in [-0.39, 0.29) is 12.4 Å². The Labute approximate surface area is 128 Å². The molecule has 0 radical (unpaired) electrons. The molecule has 0 bridgehead atoms. The van der Waals surface area contributed by atoms with Crippen LogP contribution in [-0.2, 0) is 4.74 Å². The van der Waals surface area contributed by atoms with Crippen LogP contribution in [0.1, 0.15) is 18.8 Å². The SMILES string of the molecule is CCOC1Oc2ccccc2-c2nc(SC)ncc21.Cl. The van der Waals surface area contributed by atoms with Crippen molar-refractivity contribution in [2.24, 2.45) is 0 Å². The lowest BCUT2D eigenvalue weighted by molar-refractivity contribution is -0.0806. The molecule has 0 N–H and O–H groups in total. The number of fused-ring (bicyclic) bond motifs is 3. The predicted molar refractivity (Wildman–Crippen MR) is 81.5 cm³/mol. The Morgan fingerprint density at radius 2 is 2.15 bits per heavy atom. The highest BCUT2D eigenvalue weighted by atomic mass is 35.5. The summed E-state index contributed by atoms with van der Waals surface area (Å²) >= 11 is 1.53. The van der Waals surface area contributed by atoms with E-state index < -0.39 is 6.29 Å². The normalized spacial score (nSPS) is 15.6. The fraction of sp³-hybridized carbons (Fsp3) is 0.286. The summed E-state index contributed by atoms with van der Waals surface area (Å²) in [7, 11) is 0. The fourth-order valence-corrected chi connectivity index (χ4v) is 2.42. The van der Waals surface area contributed by atoms with Crippen molar-refractivity contribution in [1.82, 2.24) is 9.97 Å². The minimum atomic E-state index is -0.425. The van der Waals surface area contributed by atoms with Crippen molar-refractivity contribution in [3.05, 3.63) is 36.0 Å². The lowest BCUT2D eigenvalue weighted by Crippen LogP contribution is -2.18. The zero-order valence-electron chi connectivity index (χ0n) is 11.2. The molecule has 4 nitrogen and oxygen atoms in total. The van der Waals surface area contributed by atoms with E-state index in [1.165, 1.54) is 11.8 Å². The Balaban J connectivity index is 0.00000147. The van der Waals surface area contributed by atoms with Gasteiger partial charge in [0.05, 0.1) is 11.3 Å². The fourth-order valence-electron chi connectivity index (χ4n) is 2.08. The number of para-hydroxylation sites is 1. The zero-order valence-corrected chi connectivity index (χ0v) is 12.8. The quantitative estimate of drug-likeness (QED) is 0.638. The molecule has 106 valence electrons. The summed E-state index contributed by atoms with van der Waals surface area (Å²) in [6, 6.07) is 7.87. The molecule has 1 aliphatic heterocycles. The smallest absolute Gasteiger partial charge is 0.230 e. The first-order valence-corrected chi connectivity index (χ1v) is 7.34. The average molecular weight is 311 g/mol. The van der Waals surface area contributed by atoms with Gasteiger partial charge in [0.1, 0.15) is 5.75 Å². The van der Waals surface area contributed by atoms with E-state index in [2.05, 4.69) is 9.97 Å². The molecule has 1 aromatic carbocycles. The number of ether oxygens (including phenoxy) is 2. The number of rotatable bonds is 3. The summed E-state index contributed by atoms with van der Waals surface area (Å²) in [5.41, 5.74) is 2.78. The minimum Gasteiger partial charge on any atom is -0.460 e. The molecule has 0 fully saturated rings. The van der Waals surface area contributed by atoms with Gasteiger partial charge in [0, 0.05) is 18.4 Å². The van der Waals surface area contributed by atoms with Crippen molar-refractivity contribution in [1.29, 1.82) is 0 Å². The molecule has 1 unspecified atom stereocenters. The van der Waals surface area contributed by atoms with Gasteiger partial charge in [-0.2, -0.15) is 0 Å². The number of halogens is 1. The van der Waals surface area contributed by atoms with Gasteiger partial charge in [-0.05, 0) is 25.3 Å². The lowest BCUT2D eigenvalue weighted by Gasteiger charge is -2.27. The van der Waals surface area contributed by atoms with Gasteiger partial charge in [0.2, 0.25) is 6.29 Å². The van der Waals surface area contributed by atoms with Crippen LogP contribution in [0.25, 0.3) is 11.3 Å². The third-order valence-electron chi connectivity index (χ3n) is 2.93. The van der Waals surface area contributed by atoms with Crippen molar-refractivity contribution >= 4 is 24.2 Å². The molecule has 0 amide bonds. The van der Waals surface area contributed by atoms with Crippen LogP contribution in [0.5, 0.6) is 5.75 Å². The lowest BCUT2D eigenvalue weighted by atomic mass is 10.0. The minimum absolute atomic E-state index is 0. The number of hydrogen-bond donors (Lipinski definition) is 0. The molecular formula is C14H15ClN2O2S. The summed E-state index contributed by atoms with van der Waals surface area (Å²) in [5.74, 6) is 0.805. The highest BCUT2D eigenvalue weighted by Crippen LogP contribution is 2.41. The molecule has 0 saturated carbocycles. The molecule has 2 aromatic rings. The van der Waals surface area contributed by atoms with Crippen LogP contribution < -0.4 is 4.74 Å². The van der Waals surface area contributed by atoms with E-state index in [1.54, 1.807) is 6.20 Å². The van der Waals surface area contributed by atoms with Gasteiger partial charge in [-0.1, -0.05) is 23.9 Å². The van der Waals surface area contributed by atoms with Crippen LogP contribution in [0.15, 0.2) is 35.6 Å². The van der Waals surface area contributed by atoms with Crippen LogP contribution in [0.3, 0.4) is 0 Å². The maximum atomic E-state index is 5.86. The monoisotopic (exact) mass is 310 g/mol. The molecule has 20 heavy (non-hydrogen) atoms. The molecule has 0 spiro atoms. The number of aromatic nitrogens is 2. The Bertz CT molecular complexity index is 609. The summed E-state index contributed by atoms with van der Waals surface area (Å²) in [6.45, 7) is 2.53. The molecular weight excluding hydrogens is 296 g/mol. The van der Waals surface area contributed by atoms with Crippen molar-refractivity contribution in [3.63, 3.8) is 0 Å². The van der Waals surface area contributed by atoms with Crippen LogP contribution in [0.4, 0.5) is 0 Å². The number of thioether (sulfide) groups is 1. The van der Waals surface area contributed by atoms with Crippen molar-refractivity contribution < 1.29 is 9.47 Å². The van der Waals surface area contributed by atoms with Gasteiger partial charge in [-0.3, -0.25) is 0 Å². The third kappa shape index (κ3) is 2.61. The standard InChI is InChI=1S/C14H14N2O2S.ClH/c1-3-17-13-10-8-15-14(19-2)16-12(10)9-6-4-5-7-11(9)18-13;/h4-8,13H,3H2,1-2H3;1H. The van der Waals surface area contributed by atoms with Crippen molar-refractivity contribution in [2.45, 2.75) is 18.4 Å². The molecule has 0 aliphatic carbocycles. The summed E-state index contributed by atoms with van der Waals surface area (Å²) in [4.78, 5) is 8.91. The second-order valence-electron chi connectivity index (χ2n) is 4.06. The van der Waals surface area contributed by atoms with Crippen molar-refractivity contribution in [2.75, 3.05) is 12.9 Å². The first-order chi connectivity index (χ1) is 9.33. The second-order valence-corrected chi connectivity index (χ2v) is 4.84. The van der Waals surface area contributed by atoms with Gasteiger partial charge in [-0.25, -0.2) is 9.97 Å². The van der Waals surface area contributed by atoms with Gasteiger partial charge in [-0.15, -0.1) is 12.4 Å². The molecule has 6 heteroatoms. The van der Waals surface area contributed by atoms with E-state index in [0.29, 0.717) is 6.61 Å². The molecule has 0 saturated heterocycles. The average Bonchev–Trinajstić information content (AvgIpc) is 2.47. The summed E-state index contributed by atoms with van der Waals surface area (Å²) < 4.78 is 11.5.